The van der Waals surface area contributed by atoms with Crippen molar-refractivity contribution in [3.63, 3.8) is 0 Å². The van der Waals surface area contributed by atoms with Crippen molar-refractivity contribution >= 4 is 17.2 Å². The fourth-order valence-electron chi connectivity index (χ4n) is 2.00. The number of nitrogens with zero attached hydrogens (tertiary/aromatic N) is 2. The van der Waals surface area contributed by atoms with E-state index in [0.29, 0.717) is 12.5 Å². The second kappa shape index (κ2) is 5.14. The summed E-state index contributed by atoms with van der Waals surface area (Å²) in [5.41, 5.74) is 0. The van der Waals surface area contributed by atoms with E-state index < -0.39 is 0 Å². The van der Waals surface area contributed by atoms with E-state index in [0.717, 1.165) is 23.0 Å². The van der Waals surface area contributed by atoms with E-state index in [2.05, 4.69) is 10.3 Å². The molecule has 1 atom stereocenters. The van der Waals surface area contributed by atoms with Crippen LogP contribution in [-0.4, -0.2) is 35.9 Å². The van der Waals surface area contributed by atoms with Gasteiger partial charge in [-0.15, -0.1) is 11.3 Å². The summed E-state index contributed by atoms with van der Waals surface area (Å²) in [7, 11) is 1.87. The summed E-state index contributed by atoms with van der Waals surface area (Å²) in [5.74, 6) is 0.867. The van der Waals surface area contributed by atoms with Gasteiger partial charge in [-0.1, -0.05) is 6.92 Å². The molecule has 0 bridgehead atoms. The van der Waals surface area contributed by atoms with Crippen LogP contribution in [0.3, 0.4) is 0 Å². The molecular weight excluding hydrogens is 234 g/mol. The number of amides is 1. The summed E-state index contributed by atoms with van der Waals surface area (Å²) in [6.45, 7) is 6.64. The van der Waals surface area contributed by atoms with Crippen LogP contribution in [0.15, 0.2) is 6.20 Å². The molecule has 0 spiro atoms. The van der Waals surface area contributed by atoms with Crippen LogP contribution in [0.25, 0.3) is 0 Å². The van der Waals surface area contributed by atoms with E-state index >= 15 is 0 Å². The fraction of sp³-hybridized carbons (Fsp3) is 0.667. The third-order valence-electron chi connectivity index (χ3n) is 3.35. The highest BCUT2D eigenvalue weighted by Crippen LogP contribution is 2.20. The van der Waals surface area contributed by atoms with E-state index in [4.69, 9.17) is 0 Å². The summed E-state index contributed by atoms with van der Waals surface area (Å²) in [4.78, 5) is 19.3. The van der Waals surface area contributed by atoms with Crippen LogP contribution in [0.4, 0.5) is 0 Å². The first-order valence-corrected chi connectivity index (χ1v) is 6.76. The van der Waals surface area contributed by atoms with Crippen molar-refractivity contribution in [2.75, 3.05) is 20.1 Å². The van der Waals surface area contributed by atoms with Crippen molar-refractivity contribution in [2.45, 2.75) is 20.4 Å². The van der Waals surface area contributed by atoms with Crippen LogP contribution >= 0.6 is 11.3 Å². The van der Waals surface area contributed by atoms with Crippen molar-refractivity contribution in [1.29, 1.82) is 0 Å². The van der Waals surface area contributed by atoms with Crippen molar-refractivity contribution in [1.82, 2.24) is 15.2 Å². The SMILES string of the molecule is Cc1ncc(CN(C)C(=O)C(C)C2CNC2)s1. The molecule has 1 saturated heterocycles. The standard InChI is InChI=1S/C12H19N3OS/c1-8(10-4-13-5-10)12(16)15(3)7-11-6-14-9(2)17-11/h6,8,10,13H,4-5,7H2,1-3H3. The molecule has 0 aliphatic carbocycles. The molecule has 1 N–H and O–H groups in total. The Balaban J connectivity index is 1.90. The number of hydrogen-bond acceptors (Lipinski definition) is 4. The number of aryl methyl sites for hydroxylation is 1. The zero-order valence-electron chi connectivity index (χ0n) is 10.6. The molecule has 0 aromatic carbocycles. The van der Waals surface area contributed by atoms with E-state index in [1.54, 1.807) is 11.3 Å². The fourth-order valence-corrected chi connectivity index (χ4v) is 2.85. The van der Waals surface area contributed by atoms with Gasteiger partial charge in [0.25, 0.3) is 0 Å². The molecule has 5 heteroatoms. The number of carbonyl (C=O) groups excluding carboxylic acids is 1. The van der Waals surface area contributed by atoms with Gasteiger partial charge in [-0.05, 0) is 25.9 Å². The Morgan fingerprint density at radius 3 is 2.88 bits per heavy atom. The van der Waals surface area contributed by atoms with Gasteiger partial charge < -0.3 is 10.2 Å². The molecule has 4 nitrogen and oxygen atoms in total. The van der Waals surface area contributed by atoms with Crippen LogP contribution in [0.5, 0.6) is 0 Å². The first-order chi connectivity index (χ1) is 8.08. The smallest absolute Gasteiger partial charge is 0.225 e. The Morgan fingerprint density at radius 2 is 2.41 bits per heavy atom. The molecule has 1 fully saturated rings. The van der Waals surface area contributed by atoms with Gasteiger partial charge in [0.05, 0.1) is 11.6 Å². The summed E-state index contributed by atoms with van der Waals surface area (Å²) in [5, 5.41) is 4.26. The van der Waals surface area contributed by atoms with E-state index in [-0.39, 0.29) is 11.8 Å². The quantitative estimate of drug-likeness (QED) is 0.879. The maximum absolute atomic E-state index is 12.2. The normalized spacial score (nSPS) is 17.6. The minimum absolute atomic E-state index is 0.121. The Hall–Kier alpha value is -0.940. The number of hydrogen-bond donors (Lipinski definition) is 1. The third kappa shape index (κ3) is 2.84. The highest BCUT2D eigenvalue weighted by Gasteiger charge is 2.30. The van der Waals surface area contributed by atoms with Gasteiger partial charge in [0.2, 0.25) is 5.91 Å². The molecule has 94 valence electrons. The largest absolute Gasteiger partial charge is 0.340 e. The summed E-state index contributed by atoms with van der Waals surface area (Å²) in [6.07, 6.45) is 1.86. The number of aromatic nitrogens is 1. The highest BCUT2D eigenvalue weighted by molar-refractivity contribution is 7.11. The van der Waals surface area contributed by atoms with Crippen molar-refractivity contribution < 1.29 is 4.79 Å². The van der Waals surface area contributed by atoms with Gasteiger partial charge in [-0.3, -0.25) is 4.79 Å². The maximum atomic E-state index is 12.2. The molecule has 2 rings (SSSR count). The number of rotatable bonds is 4. The summed E-state index contributed by atoms with van der Waals surface area (Å²) < 4.78 is 0. The van der Waals surface area contributed by atoms with Gasteiger partial charge in [-0.2, -0.15) is 0 Å². The first-order valence-electron chi connectivity index (χ1n) is 5.95. The monoisotopic (exact) mass is 253 g/mol. The molecule has 1 unspecified atom stereocenters. The van der Waals surface area contributed by atoms with Gasteiger partial charge in [0.15, 0.2) is 0 Å². The zero-order chi connectivity index (χ0) is 12.4. The summed E-state index contributed by atoms with van der Waals surface area (Å²) in [6, 6.07) is 0. The third-order valence-corrected chi connectivity index (χ3v) is 4.25. The number of carbonyl (C=O) groups is 1. The van der Waals surface area contributed by atoms with E-state index in [9.17, 15) is 4.79 Å². The average Bonchev–Trinajstić information content (AvgIpc) is 2.60. The molecule has 0 saturated carbocycles. The number of thiazole rings is 1. The average molecular weight is 253 g/mol. The van der Waals surface area contributed by atoms with E-state index in [1.807, 2.05) is 32.0 Å². The molecule has 2 heterocycles. The van der Waals surface area contributed by atoms with Gasteiger partial charge in [0.1, 0.15) is 0 Å². The molecule has 1 aliphatic heterocycles. The van der Waals surface area contributed by atoms with Crippen molar-refractivity contribution in [3.8, 4) is 0 Å². The zero-order valence-corrected chi connectivity index (χ0v) is 11.4. The molecule has 1 aliphatic rings. The van der Waals surface area contributed by atoms with Gasteiger partial charge in [-0.25, -0.2) is 4.98 Å². The minimum atomic E-state index is 0.121. The lowest BCUT2D eigenvalue weighted by atomic mass is 9.88. The predicted octanol–water partition coefficient (Wildman–Crippen LogP) is 1.27. The lowest BCUT2D eigenvalue weighted by Gasteiger charge is -2.33. The molecule has 1 aromatic heterocycles. The Bertz CT molecular complexity index is 400. The van der Waals surface area contributed by atoms with Crippen LogP contribution in [-0.2, 0) is 11.3 Å². The van der Waals surface area contributed by atoms with Crippen LogP contribution < -0.4 is 5.32 Å². The molecule has 0 radical (unpaired) electrons. The summed E-state index contributed by atoms with van der Waals surface area (Å²) >= 11 is 1.66. The lowest BCUT2D eigenvalue weighted by molar-refractivity contribution is -0.136. The molecular formula is C12H19N3OS. The van der Waals surface area contributed by atoms with Crippen molar-refractivity contribution in [2.24, 2.45) is 11.8 Å². The Kier molecular flexibility index (Phi) is 3.79. The Labute approximate surface area is 106 Å². The van der Waals surface area contributed by atoms with Crippen LogP contribution in [0.2, 0.25) is 0 Å². The molecule has 17 heavy (non-hydrogen) atoms. The lowest BCUT2D eigenvalue weighted by Crippen LogP contribution is -2.49. The van der Waals surface area contributed by atoms with Gasteiger partial charge >= 0.3 is 0 Å². The van der Waals surface area contributed by atoms with E-state index in [1.165, 1.54) is 0 Å². The van der Waals surface area contributed by atoms with Crippen LogP contribution in [0.1, 0.15) is 16.8 Å². The number of nitrogens with one attached hydrogen (secondary N) is 1. The molecule has 1 aromatic rings. The Morgan fingerprint density at radius 1 is 1.71 bits per heavy atom. The van der Waals surface area contributed by atoms with Crippen LogP contribution in [0, 0.1) is 18.8 Å². The highest BCUT2D eigenvalue weighted by atomic mass is 32.1. The second-order valence-electron chi connectivity index (χ2n) is 4.75. The van der Waals surface area contributed by atoms with Crippen molar-refractivity contribution in [3.05, 3.63) is 16.1 Å². The van der Waals surface area contributed by atoms with Gasteiger partial charge in [0, 0.05) is 24.0 Å². The second-order valence-corrected chi connectivity index (χ2v) is 6.07. The topological polar surface area (TPSA) is 45.2 Å². The minimum Gasteiger partial charge on any atom is -0.340 e. The maximum Gasteiger partial charge on any atom is 0.225 e. The molecule has 1 amide bonds. The first kappa shape index (κ1) is 12.5. The predicted molar refractivity (Wildman–Crippen MR) is 68.8 cm³/mol.